The number of nitrogens with one attached hydrogen (secondary N) is 1. The first kappa shape index (κ1) is 17.6. The molecule has 0 bridgehead atoms. The number of hydrogen-bond acceptors (Lipinski definition) is 4. The average molecular weight is 350 g/mol. The number of rotatable bonds is 7. The van der Waals surface area contributed by atoms with Crippen LogP contribution in [0.15, 0.2) is 54.6 Å². The third-order valence-corrected chi connectivity index (χ3v) is 4.85. The fourth-order valence-electron chi connectivity index (χ4n) is 1.90. The zero-order valence-electron chi connectivity index (χ0n) is 12.8. The van der Waals surface area contributed by atoms with Crippen molar-refractivity contribution in [3.63, 3.8) is 0 Å². The summed E-state index contributed by atoms with van der Waals surface area (Å²) < 4.78 is 23.7. The highest BCUT2D eigenvalue weighted by Gasteiger charge is 2.26. The van der Waals surface area contributed by atoms with Gasteiger partial charge < -0.3 is 5.73 Å². The van der Waals surface area contributed by atoms with Crippen molar-refractivity contribution in [3.8, 4) is 0 Å². The van der Waals surface area contributed by atoms with Crippen LogP contribution in [0.2, 0.25) is 0 Å². The van der Waals surface area contributed by atoms with Crippen LogP contribution in [-0.2, 0) is 26.8 Å². The molecule has 0 amide bonds. The van der Waals surface area contributed by atoms with Crippen molar-refractivity contribution in [3.05, 3.63) is 71.3 Å². The fourth-order valence-corrected chi connectivity index (χ4v) is 3.33. The van der Waals surface area contributed by atoms with E-state index in [1.807, 2.05) is 61.5 Å². The smallest absolute Gasteiger partial charge is 0.376 e. The quantitative estimate of drug-likeness (QED) is 0.586. The van der Waals surface area contributed by atoms with Gasteiger partial charge in [0, 0.05) is 0 Å². The molecule has 0 heterocycles. The van der Waals surface area contributed by atoms with Crippen LogP contribution in [0, 0.1) is 6.92 Å². The van der Waals surface area contributed by atoms with Crippen LogP contribution >= 0.6 is 20.0 Å². The van der Waals surface area contributed by atoms with E-state index in [2.05, 4.69) is 5.09 Å². The Kier molecular flexibility index (Phi) is 6.30. The van der Waals surface area contributed by atoms with E-state index in [0.29, 0.717) is 0 Å². The van der Waals surface area contributed by atoms with Gasteiger partial charge in [-0.3, -0.25) is 14.1 Å². The number of hydrogen-bond donors (Lipinski definition) is 2. The molecule has 0 saturated heterocycles. The van der Waals surface area contributed by atoms with Gasteiger partial charge in [0.2, 0.25) is 0 Å². The summed E-state index contributed by atoms with van der Waals surface area (Å²) in [5, 5.41) is 2.30. The Labute approximate surface area is 141 Å². The molecule has 0 aliphatic carbocycles. The molecule has 0 aromatic heterocycles. The molecule has 5 nitrogen and oxygen atoms in total. The van der Waals surface area contributed by atoms with E-state index in [9.17, 15) is 4.57 Å². The van der Waals surface area contributed by atoms with Gasteiger partial charge in [0.15, 0.2) is 5.11 Å². The third-order valence-electron chi connectivity index (χ3n) is 3.14. The van der Waals surface area contributed by atoms with Gasteiger partial charge in [-0.1, -0.05) is 54.6 Å². The van der Waals surface area contributed by atoms with Crippen molar-refractivity contribution in [2.75, 3.05) is 0 Å². The number of benzene rings is 2. The van der Waals surface area contributed by atoms with E-state index >= 15 is 0 Å². The Morgan fingerprint density at radius 2 is 1.70 bits per heavy atom. The third kappa shape index (κ3) is 5.77. The Balaban J connectivity index is 2.04. The highest BCUT2D eigenvalue weighted by molar-refractivity contribution is 7.81. The second-order valence-electron chi connectivity index (χ2n) is 4.93. The average Bonchev–Trinajstić information content (AvgIpc) is 2.53. The summed E-state index contributed by atoms with van der Waals surface area (Å²) in [4.78, 5) is 0. The zero-order valence-corrected chi connectivity index (χ0v) is 14.5. The fraction of sp³-hybridized carbons (Fsp3) is 0.188. The van der Waals surface area contributed by atoms with Crippen LogP contribution < -0.4 is 10.8 Å². The van der Waals surface area contributed by atoms with Crippen LogP contribution in [0.3, 0.4) is 0 Å². The van der Waals surface area contributed by atoms with Crippen molar-refractivity contribution in [2.45, 2.75) is 20.1 Å². The summed E-state index contributed by atoms with van der Waals surface area (Å²) in [6, 6.07) is 17.1. The summed E-state index contributed by atoms with van der Waals surface area (Å²) in [6.07, 6.45) is 0. The van der Waals surface area contributed by atoms with Crippen LogP contribution in [0.25, 0.3) is 0 Å². The number of thiocarbonyl (C=S) groups is 1. The molecule has 0 spiro atoms. The Bertz CT molecular complexity index is 709. The van der Waals surface area contributed by atoms with Crippen molar-refractivity contribution in [1.29, 1.82) is 0 Å². The molecular formula is C16H19N2O3PS. The van der Waals surface area contributed by atoms with Gasteiger partial charge in [0.25, 0.3) is 0 Å². The Morgan fingerprint density at radius 3 is 2.35 bits per heavy atom. The number of nitrogens with two attached hydrogens (primary N) is 1. The van der Waals surface area contributed by atoms with E-state index in [-0.39, 0.29) is 18.3 Å². The first-order chi connectivity index (χ1) is 11.0. The lowest BCUT2D eigenvalue weighted by atomic mass is 10.1. The van der Waals surface area contributed by atoms with Crippen molar-refractivity contribution >= 4 is 25.1 Å². The van der Waals surface area contributed by atoms with Gasteiger partial charge in [-0.25, -0.2) is 4.57 Å². The minimum Gasteiger partial charge on any atom is -0.376 e. The predicted molar refractivity (Wildman–Crippen MR) is 94.7 cm³/mol. The summed E-state index contributed by atoms with van der Waals surface area (Å²) in [5.74, 6) is 0. The Hall–Kier alpha value is -1.72. The lowest BCUT2D eigenvalue weighted by Crippen LogP contribution is -2.28. The molecule has 23 heavy (non-hydrogen) atoms. The molecule has 122 valence electrons. The molecule has 0 saturated carbocycles. The van der Waals surface area contributed by atoms with Crippen molar-refractivity contribution in [2.24, 2.45) is 5.73 Å². The van der Waals surface area contributed by atoms with E-state index in [0.717, 1.165) is 16.7 Å². The molecule has 1 atom stereocenters. The van der Waals surface area contributed by atoms with Gasteiger partial charge >= 0.3 is 7.75 Å². The molecule has 0 aliphatic heterocycles. The highest BCUT2D eigenvalue weighted by atomic mass is 32.1. The van der Waals surface area contributed by atoms with Gasteiger partial charge in [-0.2, -0.15) is 0 Å². The minimum absolute atomic E-state index is 0.126. The van der Waals surface area contributed by atoms with Crippen LogP contribution in [-0.4, -0.2) is 5.11 Å². The van der Waals surface area contributed by atoms with E-state index < -0.39 is 7.75 Å². The maximum absolute atomic E-state index is 12.8. The predicted octanol–water partition coefficient (Wildman–Crippen LogP) is 3.67. The van der Waals surface area contributed by atoms with Crippen LogP contribution in [0.5, 0.6) is 0 Å². The Morgan fingerprint density at radius 1 is 1.09 bits per heavy atom. The van der Waals surface area contributed by atoms with E-state index in [4.69, 9.17) is 27.0 Å². The highest BCUT2D eigenvalue weighted by Crippen LogP contribution is 2.45. The zero-order chi connectivity index (χ0) is 16.7. The second kappa shape index (κ2) is 8.22. The summed E-state index contributed by atoms with van der Waals surface area (Å²) >= 11 is 4.77. The monoisotopic (exact) mass is 350 g/mol. The van der Waals surface area contributed by atoms with E-state index in [1.165, 1.54) is 0 Å². The van der Waals surface area contributed by atoms with E-state index in [1.54, 1.807) is 0 Å². The molecular weight excluding hydrogens is 331 g/mol. The van der Waals surface area contributed by atoms with Crippen LogP contribution in [0.1, 0.15) is 16.7 Å². The number of aryl methyl sites for hydroxylation is 1. The maximum Gasteiger partial charge on any atom is 0.435 e. The van der Waals surface area contributed by atoms with Gasteiger partial charge in [0.05, 0.1) is 13.2 Å². The summed E-state index contributed by atoms with van der Waals surface area (Å²) in [7, 11) is -3.64. The molecule has 7 heteroatoms. The van der Waals surface area contributed by atoms with Crippen molar-refractivity contribution < 1.29 is 13.6 Å². The molecule has 2 aromatic carbocycles. The molecule has 2 rings (SSSR count). The molecule has 3 N–H and O–H groups in total. The van der Waals surface area contributed by atoms with Gasteiger partial charge in [-0.05, 0) is 35.8 Å². The minimum atomic E-state index is -3.64. The van der Waals surface area contributed by atoms with Crippen LogP contribution in [0.4, 0.5) is 0 Å². The van der Waals surface area contributed by atoms with Gasteiger partial charge in [-0.15, -0.1) is 0 Å². The molecule has 0 radical (unpaired) electrons. The summed E-state index contributed by atoms with van der Waals surface area (Å²) in [5.41, 5.74) is 8.26. The first-order valence-corrected chi connectivity index (χ1v) is 8.99. The molecule has 1 unspecified atom stereocenters. The molecule has 0 fully saturated rings. The SMILES string of the molecule is Cc1ccccc1COP(=O)(NC(N)=S)OCc1ccccc1. The second-order valence-corrected chi connectivity index (χ2v) is 7.11. The normalized spacial score (nSPS) is 13.3. The first-order valence-electron chi connectivity index (χ1n) is 7.04. The lowest BCUT2D eigenvalue weighted by molar-refractivity contribution is 0.187. The molecule has 0 aliphatic rings. The van der Waals surface area contributed by atoms with Gasteiger partial charge in [0.1, 0.15) is 0 Å². The van der Waals surface area contributed by atoms with Crippen molar-refractivity contribution in [1.82, 2.24) is 5.09 Å². The largest absolute Gasteiger partial charge is 0.435 e. The molecule has 2 aromatic rings. The lowest BCUT2D eigenvalue weighted by Gasteiger charge is -2.19. The topological polar surface area (TPSA) is 73.6 Å². The summed E-state index contributed by atoms with van der Waals surface area (Å²) in [6.45, 7) is 2.21. The maximum atomic E-state index is 12.8. The standard InChI is InChI=1S/C16H19N2O3PS/c1-13-7-5-6-10-15(13)12-21-22(19,18-16(17)23)20-11-14-8-3-2-4-9-14/h2-10H,11-12H2,1H3,(H3,17,18,19,23).